The van der Waals surface area contributed by atoms with Gasteiger partial charge in [-0.25, -0.2) is 4.79 Å². The van der Waals surface area contributed by atoms with Gasteiger partial charge in [0.2, 0.25) is 0 Å². The largest absolute Gasteiger partial charge is 0.461 e. The number of hydrogen-bond acceptors (Lipinski definition) is 8. The SMILES string of the molecule is C=CC(=O)OCCN1C(=O)C(C)=C(C)/C(=N/Nc2ccc(Cl)cc2[N+](=O)[O-])C1=O. The maximum atomic E-state index is 12.7. The number of nitrogens with one attached hydrogen (secondary N) is 1. The molecule has 0 saturated carbocycles. The van der Waals surface area contributed by atoms with Crippen LogP contribution in [0.25, 0.3) is 0 Å². The molecule has 1 aliphatic rings. The molecule has 1 aliphatic heterocycles. The number of anilines is 1. The molecule has 2 amide bonds. The average Bonchev–Trinajstić information content (AvgIpc) is 2.69. The van der Waals surface area contributed by atoms with Gasteiger partial charge in [-0.05, 0) is 31.6 Å². The predicted molar refractivity (Wildman–Crippen MR) is 105 cm³/mol. The number of carbonyl (C=O) groups is 3. The number of hydrogen-bond donors (Lipinski definition) is 1. The number of esters is 1. The van der Waals surface area contributed by atoms with E-state index in [0.29, 0.717) is 5.57 Å². The number of carbonyl (C=O) groups excluding carboxylic acids is 3. The van der Waals surface area contributed by atoms with Gasteiger partial charge in [0.15, 0.2) is 5.71 Å². The third-order valence-corrected chi connectivity index (χ3v) is 4.34. The summed E-state index contributed by atoms with van der Waals surface area (Å²) in [5, 5.41) is 15.3. The highest BCUT2D eigenvalue weighted by molar-refractivity contribution is 6.50. The Bertz CT molecular complexity index is 969. The Morgan fingerprint density at radius 2 is 2.03 bits per heavy atom. The molecule has 0 fully saturated rings. The summed E-state index contributed by atoms with van der Waals surface area (Å²) in [6.45, 7) is 5.93. The van der Waals surface area contributed by atoms with Crippen LogP contribution in [0.4, 0.5) is 11.4 Å². The van der Waals surface area contributed by atoms with E-state index in [0.717, 1.165) is 17.0 Å². The minimum Gasteiger partial charge on any atom is -0.461 e. The molecule has 0 spiro atoms. The summed E-state index contributed by atoms with van der Waals surface area (Å²) in [6.07, 6.45) is 0.963. The van der Waals surface area contributed by atoms with Crippen LogP contribution >= 0.6 is 11.6 Å². The molecule has 0 aromatic heterocycles. The van der Waals surface area contributed by atoms with Crippen LogP contribution in [0.2, 0.25) is 5.02 Å². The zero-order valence-electron chi connectivity index (χ0n) is 15.6. The molecule has 0 radical (unpaired) electrons. The summed E-state index contributed by atoms with van der Waals surface area (Å²) in [7, 11) is 0. The van der Waals surface area contributed by atoms with Crippen molar-refractivity contribution in [1.29, 1.82) is 0 Å². The third-order valence-electron chi connectivity index (χ3n) is 4.10. The van der Waals surface area contributed by atoms with Crippen molar-refractivity contribution in [3.63, 3.8) is 0 Å². The van der Waals surface area contributed by atoms with E-state index < -0.39 is 22.7 Å². The van der Waals surface area contributed by atoms with Gasteiger partial charge in [0.05, 0.1) is 11.5 Å². The molecular weight excluding hydrogens is 404 g/mol. The fourth-order valence-corrected chi connectivity index (χ4v) is 2.58. The number of halogens is 1. The predicted octanol–water partition coefficient (Wildman–Crippen LogP) is 2.45. The van der Waals surface area contributed by atoms with Crippen molar-refractivity contribution in [2.75, 3.05) is 18.6 Å². The van der Waals surface area contributed by atoms with Crippen molar-refractivity contribution in [3.8, 4) is 0 Å². The number of hydrazone groups is 1. The van der Waals surface area contributed by atoms with Crippen molar-refractivity contribution in [1.82, 2.24) is 4.90 Å². The molecule has 0 saturated heterocycles. The fourth-order valence-electron chi connectivity index (χ4n) is 2.42. The molecule has 29 heavy (non-hydrogen) atoms. The van der Waals surface area contributed by atoms with E-state index in [4.69, 9.17) is 16.3 Å². The molecule has 1 aromatic rings. The van der Waals surface area contributed by atoms with Crippen LogP contribution in [0.1, 0.15) is 13.8 Å². The molecule has 0 aliphatic carbocycles. The van der Waals surface area contributed by atoms with E-state index in [1.807, 2.05) is 0 Å². The third kappa shape index (κ3) is 4.85. The van der Waals surface area contributed by atoms with Gasteiger partial charge in [0.1, 0.15) is 12.3 Å². The molecule has 1 N–H and O–H groups in total. The lowest BCUT2D eigenvalue weighted by Crippen LogP contribution is -2.48. The van der Waals surface area contributed by atoms with Crippen molar-refractivity contribution in [2.45, 2.75) is 13.8 Å². The van der Waals surface area contributed by atoms with Gasteiger partial charge in [0.25, 0.3) is 17.5 Å². The summed E-state index contributed by atoms with van der Waals surface area (Å²) < 4.78 is 4.81. The smallest absolute Gasteiger partial charge is 0.330 e. The first-order valence-electron chi connectivity index (χ1n) is 8.28. The van der Waals surface area contributed by atoms with Gasteiger partial charge in [0, 0.05) is 22.7 Å². The van der Waals surface area contributed by atoms with Crippen molar-refractivity contribution < 1.29 is 24.0 Å². The summed E-state index contributed by atoms with van der Waals surface area (Å²) in [5.74, 6) is -1.95. The Labute approximate surface area is 170 Å². The highest BCUT2D eigenvalue weighted by atomic mass is 35.5. The first kappa shape index (κ1) is 21.8. The van der Waals surface area contributed by atoms with Gasteiger partial charge in [-0.2, -0.15) is 5.10 Å². The number of nitro benzene ring substituents is 1. The Balaban J connectivity index is 2.30. The lowest BCUT2D eigenvalue weighted by molar-refractivity contribution is -0.383. The summed E-state index contributed by atoms with van der Waals surface area (Å²) in [4.78, 5) is 47.7. The van der Waals surface area contributed by atoms with Crippen LogP contribution in [-0.2, 0) is 19.1 Å². The van der Waals surface area contributed by atoms with E-state index in [9.17, 15) is 24.5 Å². The van der Waals surface area contributed by atoms with E-state index in [2.05, 4.69) is 17.1 Å². The number of ether oxygens (including phenoxy) is 1. The first-order valence-corrected chi connectivity index (χ1v) is 8.66. The van der Waals surface area contributed by atoms with Gasteiger partial charge >= 0.3 is 5.97 Å². The number of benzene rings is 1. The molecular formula is C18H17ClN4O6. The molecule has 152 valence electrons. The quantitative estimate of drug-likeness (QED) is 0.235. The minimum atomic E-state index is -0.725. The lowest BCUT2D eigenvalue weighted by Gasteiger charge is -2.27. The Hall–Kier alpha value is -3.53. The van der Waals surface area contributed by atoms with E-state index in [-0.39, 0.29) is 40.8 Å². The second-order valence-electron chi connectivity index (χ2n) is 5.87. The number of nitrogens with zero attached hydrogens (tertiary/aromatic N) is 3. The van der Waals surface area contributed by atoms with Crippen molar-refractivity contribution in [2.24, 2.45) is 5.10 Å². The molecule has 11 heteroatoms. The van der Waals surface area contributed by atoms with Gasteiger partial charge in [-0.3, -0.25) is 30.0 Å². The maximum absolute atomic E-state index is 12.7. The number of rotatable bonds is 7. The van der Waals surface area contributed by atoms with Crippen LogP contribution in [-0.4, -0.2) is 46.5 Å². The Kier molecular flexibility index (Phi) is 6.84. The highest BCUT2D eigenvalue weighted by Gasteiger charge is 2.34. The van der Waals surface area contributed by atoms with Crippen molar-refractivity contribution >= 4 is 46.5 Å². The van der Waals surface area contributed by atoms with E-state index in [1.165, 1.54) is 26.0 Å². The van der Waals surface area contributed by atoms with Crippen molar-refractivity contribution in [3.05, 3.63) is 57.1 Å². The summed E-state index contributed by atoms with van der Waals surface area (Å²) >= 11 is 5.78. The molecule has 0 bridgehead atoms. The highest BCUT2D eigenvalue weighted by Crippen LogP contribution is 2.28. The topological polar surface area (TPSA) is 131 Å². The van der Waals surface area contributed by atoms with Crippen LogP contribution in [0.3, 0.4) is 0 Å². The molecule has 0 unspecified atom stereocenters. The van der Waals surface area contributed by atoms with Gasteiger partial charge in [-0.15, -0.1) is 0 Å². The van der Waals surface area contributed by atoms with E-state index in [1.54, 1.807) is 0 Å². The van der Waals surface area contributed by atoms with Gasteiger partial charge < -0.3 is 4.74 Å². The maximum Gasteiger partial charge on any atom is 0.330 e. The zero-order chi connectivity index (χ0) is 21.7. The second kappa shape index (κ2) is 9.11. The normalized spacial score (nSPS) is 15.6. The fraction of sp³-hybridized carbons (Fsp3) is 0.222. The monoisotopic (exact) mass is 420 g/mol. The molecule has 2 rings (SSSR count). The number of nitro groups is 1. The van der Waals surface area contributed by atoms with Crippen LogP contribution < -0.4 is 5.43 Å². The minimum absolute atomic E-state index is 0.0218. The van der Waals surface area contributed by atoms with Gasteiger partial charge in [-0.1, -0.05) is 18.2 Å². The summed E-state index contributed by atoms with van der Waals surface area (Å²) in [5.41, 5.74) is 2.68. The zero-order valence-corrected chi connectivity index (χ0v) is 16.4. The number of amides is 2. The Morgan fingerprint density at radius 1 is 1.34 bits per heavy atom. The van der Waals surface area contributed by atoms with Crippen LogP contribution in [0.15, 0.2) is 47.1 Å². The van der Waals surface area contributed by atoms with E-state index >= 15 is 0 Å². The first-order chi connectivity index (χ1) is 13.7. The molecule has 10 nitrogen and oxygen atoms in total. The Morgan fingerprint density at radius 3 is 2.66 bits per heavy atom. The van der Waals surface area contributed by atoms with Crippen LogP contribution in [0, 0.1) is 10.1 Å². The molecule has 1 heterocycles. The molecule has 0 atom stereocenters. The lowest BCUT2D eigenvalue weighted by atomic mass is 9.99. The number of imide groups is 1. The van der Waals surface area contributed by atoms with Crippen LogP contribution in [0.5, 0.6) is 0 Å². The standard InChI is InChI=1S/C18H17ClN4O6/c1-4-15(24)29-8-7-22-17(25)11(3)10(2)16(18(22)26)21-20-13-6-5-12(19)9-14(13)23(27)28/h4-6,9,20H,1,7-8H2,2-3H3/b21-16-. The average molecular weight is 421 g/mol. The summed E-state index contributed by atoms with van der Waals surface area (Å²) in [6, 6.07) is 3.92. The molecule has 1 aromatic carbocycles. The second-order valence-corrected chi connectivity index (χ2v) is 6.31.